The molecule has 0 aromatic carbocycles. The van der Waals surface area contributed by atoms with Gasteiger partial charge in [-0.15, -0.1) is 0 Å². The zero-order valence-corrected chi connectivity index (χ0v) is 6.66. The van der Waals surface area contributed by atoms with E-state index in [0.717, 1.165) is 6.42 Å². The maximum atomic E-state index is 5.22. The molecule has 0 bridgehead atoms. The monoisotopic (exact) mass is 156 g/mol. The number of nitrogen functional groups attached to an aromatic ring is 1. The van der Waals surface area contributed by atoms with Gasteiger partial charge >= 0.3 is 12.0 Å². The molecule has 5 heteroatoms. The summed E-state index contributed by atoms with van der Waals surface area (Å²) < 4.78 is 4.90. The summed E-state index contributed by atoms with van der Waals surface area (Å²) in [5.41, 5.74) is 5.22. The number of nitrogens with two attached hydrogens (primary N) is 1. The molecule has 62 valence electrons. The van der Waals surface area contributed by atoms with E-state index in [0.29, 0.717) is 12.1 Å². The fraction of sp³-hybridized carbons (Fsp3) is 0.667. The first-order valence-electron chi connectivity index (χ1n) is 3.58. The predicted octanol–water partition coefficient (Wildman–Crippen LogP) is 0.862. The van der Waals surface area contributed by atoms with Crippen molar-refractivity contribution < 1.29 is 4.42 Å². The molecular formula is C6H12N4O. The van der Waals surface area contributed by atoms with Crippen molar-refractivity contribution >= 4 is 12.0 Å². The van der Waals surface area contributed by atoms with Crippen molar-refractivity contribution in [3.8, 4) is 0 Å². The first-order chi connectivity index (χ1) is 5.22. The third kappa shape index (κ3) is 2.10. The second-order valence-corrected chi connectivity index (χ2v) is 2.40. The summed E-state index contributed by atoms with van der Waals surface area (Å²) in [6.45, 7) is 4.10. The summed E-state index contributed by atoms with van der Waals surface area (Å²) in [4.78, 5) is 0. The first kappa shape index (κ1) is 7.84. The van der Waals surface area contributed by atoms with Crippen molar-refractivity contribution in [1.82, 2.24) is 10.2 Å². The van der Waals surface area contributed by atoms with Crippen LogP contribution < -0.4 is 11.1 Å². The molecule has 3 N–H and O–H groups in total. The van der Waals surface area contributed by atoms with Crippen LogP contribution >= 0.6 is 0 Å². The molecule has 0 spiro atoms. The minimum atomic E-state index is 0.0933. The smallest absolute Gasteiger partial charge is 0.317 e. The van der Waals surface area contributed by atoms with Gasteiger partial charge in [-0.1, -0.05) is 17.1 Å². The highest BCUT2D eigenvalue weighted by molar-refractivity contribution is 5.23. The normalized spacial score (nSPS) is 12.9. The number of anilines is 2. The van der Waals surface area contributed by atoms with E-state index in [9.17, 15) is 0 Å². The summed E-state index contributed by atoms with van der Waals surface area (Å²) in [5, 5.41) is 10.1. The standard InChI is InChI=1S/C6H12N4O/c1-3-4(2)8-6-10-9-5(7)11-6/h4H,3H2,1-2H3,(H2,7,9)(H,8,10). The van der Waals surface area contributed by atoms with Crippen LogP contribution in [-0.2, 0) is 0 Å². The quantitative estimate of drug-likeness (QED) is 0.678. The van der Waals surface area contributed by atoms with E-state index in [1.165, 1.54) is 0 Å². The molecule has 0 radical (unpaired) electrons. The summed E-state index contributed by atoms with van der Waals surface area (Å²) in [5.74, 6) is 0. The van der Waals surface area contributed by atoms with Crippen LogP contribution in [0.4, 0.5) is 12.0 Å². The van der Waals surface area contributed by atoms with Crippen LogP contribution in [0.3, 0.4) is 0 Å². The maximum absolute atomic E-state index is 5.22. The van der Waals surface area contributed by atoms with Gasteiger partial charge in [-0.25, -0.2) is 0 Å². The molecule has 1 heterocycles. The molecule has 1 rings (SSSR count). The van der Waals surface area contributed by atoms with E-state index in [1.54, 1.807) is 0 Å². The molecule has 0 aliphatic carbocycles. The van der Waals surface area contributed by atoms with Gasteiger partial charge in [0.15, 0.2) is 0 Å². The topological polar surface area (TPSA) is 77.0 Å². The lowest BCUT2D eigenvalue weighted by Crippen LogP contribution is -2.13. The van der Waals surface area contributed by atoms with E-state index in [-0.39, 0.29) is 6.01 Å². The number of rotatable bonds is 3. The molecule has 11 heavy (non-hydrogen) atoms. The summed E-state index contributed by atoms with van der Waals surface area (Å²) >= 11 is 0. The summed E-state index contributed by atoms with van der Waals surface area (Å²) in [7, 11) is 0. The Hall–Kier alpha value is -1.26. The highest BCUT2D eigenvalue weighted by atomic mass is 16.4. The van der Waals surface area contributed by atoms with Crippen LogP contribution in [0.25, 0.3) is 0 Å². The lowest BCUT2D eigenvalue weighted by Gasteiger charge is -2.06. The van der Waals surface area contributed by atoms with Gasteiger partial charge in [-0.2, -0.15) is 0 Å². The van der Waals surface area contributed by atoms with Gasteiger partial charge in [0.05, 0.1) is 0 Å². The second-order valence-electron chi connectivity index (χ2n) is 2.40. The Balaban J connectivity index is 2.50. The molecule has 1 aromatic heterocycles. The van der Waals surface area contributed by atoms with Crippen molar-refractivity contribution in [2.75, 3.05) is 11.1 Å². The van der Waals surface area contributed by atoms with Crippen molar-refractivity contribution in [2.45, 2.75) is 26.3 Å². The molecule has 0 saturated carbocycles. The predicted molar refractivity (Wildman–Crippen MR) is 42.1 cm³/mol. The van der Waals surface area contributed by atoms with Gasteiger partial charge in [0.1, 0.15) is 0 Å². The molecule has 1 unspecified atom stereocenters. The number of aromatic nitrogens is 2. The Bertz CT molecular complexity index is 222. The number of hydrogen-bond acceptors (Lipinski definition) is 5. The van der Waals surface area contributed by atoms with Crippen LogP contribution in [0.2, 0.25) is 0 Å². The van der Waals surface area contributed by atoms with E-state index in [1.807, 2.05) is 6.92 Å². The van der Waals surface area contributed by atoms with E-state index in [4.69, 9.17) is 10.2 Å². The average Bonchev–Trinajstić information content (AvgIpc) is 2.35. The Labute approximate surface area is 65.0 Å². The SMILES string of the molecule is CCC(C)Nc1nnc(N)o1. The van der Waals surface area contributed by atoms with Crippen LogP contribution in [0.1, 0.15) is 20.3 Å². The Morgan fingerprint density at radius 3 is 2.82 bits per heavy atom. The highest BCUT2D eigenvalue weighted by Gasteiger charge is 2.04. The Morgan fingerprint density at radius 2 is 2.36 bits per heavy atom. The molecule has 1 atom stereocenters. The summed E-state index contributed by atoms with van der Waals surface area (Å²) in [6.07, 6.45) is 1.00. The fourth-order valence-electron chi connectivity index (χ4n) is 0.606. The van der Waals surface area contributed by atoms with Crippen molar-refractivity contribution in [1.29, 1.82) is 0 Å². The van der Waals surface area contributed by atoms with Crippen LogP contribution in [0, 0.1) is 0 Å². The number of nitrogens with one attached hydrogen (secondary N) is 1. The van der Waals surface area contributed by atoms with Gasteiger partial charge in [0, 0.05) is 6.04 Å². The molecular weight excluding hydrogens is 144 g/mol. The van der Waals surface area contributed by atoms with E-state index >= 15 is 0 Å². The van der Waals surface area contributed by atoms with Crippen LogP contribution in [-0.4, -0.2) is 16.2 Å². The molecule has 0 aliphatic rings. The minimum Gasteiger partial charge on any atom is -0.390 e. The Kier molecular flexibility index (Phi) is 2.30. The van der Waals surface area contributed by atoms with Crippen molar-refractivity contribution in [3.05, 3.63) is 0 Å². The largest absolute Gasteiger partial charge is 0.390 e. The molecule has 0 fully saturated rings. The van der Waals surface area contributed by atoms with Crippen LogP contribution in [0.5, 0.6) is 0 Å². The lowest BCUT2D eigenvalue weighted by molar-refractivity contribution is 0.573. The zero-order valence-electron chi connectivity index (χ0n) is 6.66. The van der Waals surface area contributed by atoms with E-state index < -0.39 is 0 Å². The minimum absolute atomic E-state index is 0.0933. The lowest BCUT2D eigenvalue weighted by atomic mass is 10.3. The third-order valence-electron chi connectivity index (χ3n) is 1.42. The maximum Gasteiger partial charge on any atom is 0.317 e. The molecule has 5 nitrogen and oxygen atoms in total. The molecule has 0 amide bonds. The van der Waals surface area contributed by atoms with Gasteiger partial charge < -0.3 is 15.5 Å². The number of nitrogens with zero attached hydrogens (tertiary/aromatic N) is 2. The van der Waals surface area contributed by atoms with Gasteiger partial charge in [-0.3, -0.25) is 0 Å². The molecule has 1 aromatic rings. The molecule has 0 saturated heterocycles. The van der Waals surface area contributed by atoms with Crippen molar-refractivity contribution in [2.24, 2.45) is 0 Å². The number of hydrogen-bond donors (Lipinski definition) is 2. The molecule has 0 aliphatic heterocycles. The van der Waals surface area contributed by atoms with Gasteiger partial charge in [0.25, 0.3) is 0 Å². The van der Waals surface area contributed by atoms with E-state index in [2.05, 4.69) is 22.4 Å². The summed E-state index contributed by atoms with van der Waals surface area (Å²) in [6, 6.07) is 0.808. The fourth-order valence-corrected chi connectivity index (χ4v) is 0.606. The zero-order chi connectivity index (χ0) is 8.27. The van der Waals surface area contributed by atoms with Crippen molar-refractivity contribution in [3.63, 3.8) is 0 Å². The highest BCUT2D eigenvalue weighted by Crippen LogP contribution is 2.08. The Morgan fingerprint density at radius 1 is 1.64 bits per heavy atom. The van der Waals surface area contributed by atoms with Gasteiger partial charge in [-0.05, 0) is 13.3 Å². The van der Waals surface area contributed by atoms with Gasteiger partial charge in [0.2, 0.25) is 0 Å². The van der Waals surface area contributed by atoms with Crippen LogP contribution in [0.15, 0.2) is 4.42 Å². The second kappa shape index (κ2) is 3.23. The first-order valence-corrected chi connectivity index (χ1v) is 3.58. The third-order valence-corrected chi connectivity index (χ3v) is 1.42. The average molecular weight is 156 g/mol.